The molecule has 0 aliphatic rings. The molecule has 0 radical (unpaired) electrons. The molecule has 1 aromatic rings. The van der Waals surface area contributed by atoms with Gasteiger partial charge in [-0.05, 0) is 50.5 Å². The number of thiocarbonyl (C=S) groups is 1. The first-order valence-corrected chi connectivity index (χ1v) is 7.24. The van der Waals surface area contributed by atoms with Gasteiger partial charge in [-0.1, -0.05) is 13.8 Å². The van der Waals surface area contributed by atoms with E-state index in [1.807, 2.05) is 11.3 Å². The quantitative estimate of drug-likeness (QED) is 0.818. The minimum Gasteiger partial charge on any atom is -0.362 e. The smallest absolute Gasteiger partial charge is 0.166 e. The van der Waals surface area contributed by atoms with E-state index in [4.69, 9.17) is 12.2 Å². The van der Waals surface area contributed by atoms with Crippen molar-refractivity contribution in [3.8, 4) is 0 Å². The van der Waals surface area contributed by atoms with Crippen LogP contribution in [0, 0.1) is 19.8 Å². The second kappa shape index (κ2) is 6.36. The SMILES string of the molecule is Cc1cc(C(C)NC(=S)NCC(C)C)c(C)s1. The fourth-order valence-electron chi connectivity index (χ4n) is 1.70. The highest BCUT2D eigenvalue weighted by atomic mass is 32.1. The second-order valence-electron chi connectivity index (χ2n) is 4.84. The van der Waals surface area contributed by atoms with Crippen molar-refractivity contribution in [2.24, 2.45) is 5.92 Å². The third-order valence-electron chi connectivity index (χ3n) is 2.56. The lowest BCUT2D eigenvalue weighted by Gasteiger charge is -2.18. The molecule has 4 heteroatoms. The van der Waals surface area contributed by atoms with Crippen LogP contribution in [0.4, 0.5) is 0 Å². The molecular weight excluding hydrogens is 248 g/mol. The van der Waals surface area contributed by atoms with Crippen molar-refractivity contribution >= 4 is 28.7 Å². The van der Waals surface area contributed by atoms with Gasteiger partial charge in [-0.3, -0.25) is 0 Å². The van der Waals surface area contributed by atoms with E-state index >= 15 is 0 Å². The average molecular weight is 270 g/mol. The Kier molecular flexibility index (Phi) is 5.40. The van der Waals surface area contributed by atoms with Crippen LogP contribution in [0.1, 0.15) is 42.1 Å². The molecule has 0 amide bonds. The van der Waals surface area contributed by atoms with E-state index in [0.29, 0.717) is 5.92 Å². The fourth-order valence-corrected chi connectivity index (χ4v) is 2.99. The maximum atomic E-state index is 5.28. The predicted molar refractivity (Wildman–Crippen MR) is 80.8 cm³/mol. The molecule has 0 aliphatic carbocycles. The van der Waals surface area contributed by atoms with Gasteiger partial charge in [-0.2, -0.15) is 0 Å². The van der Waals surface area contributed by atoms with Gasteiger partial charge in [-0.15, -0.1) is 11.3 Å². The van der Waals surface area contributed by atoms with Crippen molar-refractivity contribution in [2.45, 2.75) is 40.7 Å². The molecule has 1 rings (SSSR count). The van der Waals surface area contributed by atoms with Gasteiger partial charge in [0.15, 0.2) is 5.11 Å². The van der Waals surface area contributed by atoms with E-state index in [0.717, 1.165) is 11.7 Å². The first kappa shape index (κ1) is 14.5. The number of hydrogen-bond acceptors (Lipinski definition) is 2. The third kappa shape index (κ3) is 4.64. The standard InChI is InChI=1S/C13H22N2S2/c1-8(2)7-14-13(16)15-10(4)12-6-9(3)17-11(12)5/h6,8,10H,7H2,1-5H3,(H2,14,15,16). The zero-order chi connectivity index (χ0) is 13.0. The molecule has 0 bridgehead atoms. The third-order valence-corrected chi connectivity index (χ3v) is 3.81. The summed E-state index contributed by atoms with van der Waals surface area (Å²) < 4.78 is 0. The van der Waals surface area contributed by atoms with Crippen molar-refractivity contribution in [3.63, 3.8) is 0 Å². The Balaban J connectivity index is 2.51. The number of aryl methyl sites for hydroxylation is 2. The number of nitrogens with one attached hydrogen (secondary N) is 2. The molecular formula is C13H22N2S2. The van der Waals surface area contributed by atoms with E-state index in [1.54, 1.807) is 0 Å². The Morgan fingerprint density at radius 3 is 2.47 bits per heavy atom. The van der Waals surface area contributed by atoms with Crippen LogP contribution >= 0.6 is 23.6 Å². The maximum absolute atomic E-state index is 5.28. The van der Waals surface area contributed by atoms with Gasteiger partial charge in [0.05, 0.1) is 6.04 Å². The lowest BCUT2D eigenvalue weighted by Crippen LogP contribution is -2.38. The summed E-state index contributed by atoms with van der Waals surface area (Å²) in [6.07, 6.45) is 0. The van der Waals surface area contributed by atoms with Crippen LogP contribution in [0.25, 0.3) is 0 Å². The zero-order valence-corrected chi connectivity index (χ0v) is 12.9. The van der Waals surface area contributed by atoms with E-state index in [1.165, 1.54) is 15.3 Å². The highest BCUT2D eigenvalue weighted by molar-refractivity contribution is 7.80. The Morgan fingerprint density at radius 2 is 2.00 bits per heavy atom. The Morgan fingerprint density at radius 1 is 1.35 bits per heavy atom. The molecule has 0 aromatic carbocycles. The Labute approximate surface area is 114 Å². The molecule has 17 heavy (non-hydrogen) atoms. The van der Waals surface area contributed by atoms with Crippen molar-refractivity contribution in [3.05, 3.63) is 21.4 Å². The fraction of sp³-hybridized carbons (Fsp3) is 0.615. The molecule has 0 saturated carbocycles. The normalized spacial score (nSPS) is 12.6. The lowest BCUT2D eigenvalue weighted by molar-refractivity contribution is 0.609. The van der Waals surface area contributed by atoms with Crippen molar-refractivity contribution in [1.82, 2.24) is 10.6 Å². The lowest BCUT2D eigenvalue weighted by atomic mass is 10.1. The predicted octanol–water partition coefficient (Wildman–Crippen LogP) is 3.55. The van der Waals surface area contributed by atoms with Crippen molar-refractivity contribution in [1.29, 1.82) is 0 Å². The van der Waals surface area contributed by atoms with Crippen LogP contribution in [0.15, 0.2) is 6.07 Å². The topological polar surface area (TPSA) is 24.1 Å². The summed E-state index contributed by atoms with van der Waals surface area (Å²) in [6, 6.07) is 2.51. The highest BCUT2D eigenvalue weighted by Gasteiger charge is 2.11. The van der Waals surface area contributed by atoms with Crippen molar-refractivity contribution in [2.75, 3.05) is 6.54 Å². The molecule has 1 heterocycles. The number of thiophene rings is 1. The molecule has 2 nitrogen and oxygen atoms in total. The molecule has 0 spiro atoms. The van der Waals surface area contributed by atoms with Gasteiger partial charge >= 0.3 is 0 Å². The van der Waals surface area contributed by atoms with Crippen LogP contribution < -0.4 is 10.6 Å². The summed E-state index contributed by atoms with van der Waals surface area (Å²) in [5.41, 5.74) is 1.35. The molecule has 0 fully saturated rings. The first-order chi connectivity index (χ1) is 7.90. The zero-order valence-electron chi connectivity index (χ0n) is 11.3. The minimum atomic E-state index is 0.270. The number of rotatable bonds is 4. The Bertz CT molecular complexity index is 383. The van der Waals surface area contributed by atoms with Gasteiger partial charge in [0, 0.05) is 16.3 Å². The maximum Gasteiger partial charge on any atom is 0.166 e. The Hall–Kier alpha value is -0.610. The van der Waals surface area contributed by atoms with E-state index in [2.05, 4.69) is 51.3 Å². The largest absolute Gasteiger partial charge is 0.362 e. The summed E-state index contributed by atoms with van der Waals surface area (Å²) in [6.45, 7) is 11.7. The summed E-state index contributed by atoms with van der Waals surface area (Å²) >= 11 is 7.12. The molecule has 1 aromatic heterocycles. The summed E-state index contributed by atoms with van der Waals surface area (Å²) in [5.74, 6) is 0.607. The molecule has 1 unspecified atom stereocenters. The first-order valence-electron chi connectivity index (χ1n) is 6.01. The number of hydrogen-bond donors (Lipinski definition) is 2. The van der Waals surface area contributed by atoms with Crippen LogP contribution in [0.2, 0.25) is 0 Å². The second-order valence-corrected chi connectivity index (χ2v) is 6.71. The summed E-state index contributed by atoms with van der Waals surface area (Å²) in [5, 5.41) is 7.31. The highest BCUT2D eigenvalue weighted by Crippen LogP contribution is 2.25. The van der Waals surface area contributed by atoms with Gasteiger partial charge < -0.3 is 10.6 Å². The van der Waals surface area contributed by atoms with Crippen LogP contribution in [0.3, 0.4) is 0 Å². The van der Waals surface area contributed by atoms with Gasteiger partial charge in [0.25, 0.3) is 0 Å². The van der Waals surface area contributed by atoms with Crippen molar-refractivity contribution < 1.29 is 0 Å². The summed E-state index contributed by atoms with van der Waals surface area (Å²) in [7, 11) is 0. The van der Waals surface area contributed by atoms with E-state index in [-0.39, 0.29) is 6.04 Å². The van der Waals surface area contributed by atoms with Gasteiger partial charge in [-0.25, -0.2) is 0 Å². The average Bonchev–Trinajstić information content (AvgIpc) is 2.55. The van der Waals surface area contributed by atoms with E-state index in [9.17, 15) is 0 Å². The monoisotopic (exact) mass is 270 g/mol. The molecule has 0 saturated heterocycles. The minimum absolute atomic E-state index is 0.270. The van der Waals surface area contributed by atoms with Crippen LogP contribution in [-0.4, -0.2) is 11.7 Å². The van der Waals surface area contributed by atoms with Gasteiger partial charge in [0.1, 0.15) is 0 Å². The van der Waals surface area contributed by atoms with E-state index < -0.39 is 0 Å². The van der Waals surface area contributed by atoms with Gasteiger partial charge in [0.2, 0.25) is 0 Å². The van der Waals surface area contributed by atoms with Crippen LogP contribution in [0.5, 0.6) is 0 Å². The molecule has 0 aliphatic heterocycles. The summed E-state index contributed by atoms with van der Waals surface area (Å²) in [4.78, 5) is 2.72. The molecule has 96 valence electrons. The van der Waals surface area contributed by atoms with Crippen LogP contribution in [-0.2, 0) is 0 Å². The molecule has 2 N–H and O–H groups in total. The molecule has 1 atom stereocenters.